The van der Waals surface area contributed by atoms with E-state index in [1.807, 2.05) is 6.26 Å². The van der Waals surface area contributed by atoms with Gasteiger partial charge in [0.05, 0.1) is 4.91 Å². The minimum absolute atomic E-state index is 0.233. The molecule has 0 aliphatic carbocycles. The second kappa shape index (κ2) is 7.94. The highest BCUT2D eigenvalue weighted by Gasteiger charge is 2.40. The van der Waals surface area contributed by atoms with Gasteiger partial charge in [-0.1, -0.05) is 36.1 Å². The zero-order valence-electron chi connectivity index (χ0n) is 12.2. The Labute approximate surface area is 147 Å². The van der Waals surface area contributed by atoms with Gasteiger partial charge in [0.2, 0.25) is 0 Å². The van der Waals surface area contributed by atoms with Crippen LogP contribution in [0.4, 0.5) is 4.39 Å². The van der Waals surface area contributed by atoms with Crippen molar-refractivity contribution < 1.29 is 19.1 Å². The van der Waals surface area contributed by atoms with Crippen molar-refractivity contribution >= 4 is 58.0 Å². The van der Waals surface area contributed by atoms with Crippen LogP contribution in [0.1, 0.15) is 12.0 Å². The zero-order valence-corrected chi connectivity index (χ0v) is 14.6. The van der Waals surface area contributed by atoms with Crippen molar-refractivity contribution in [3.05, 3.63) is 40.6 Å². The summed E-state index contributed by atoms with van der Waals surface area (Å²) >= 11 is 7.75. The first kappa shape index (κ1) is 18.0. The van der Waals surface area contributed by atoms with E-state index in [9.17, 15) is 19.1 Å². The van der Waals surface area contributed by atoms with E-state index in [1.54, 1.807) is 18.2 Å². The maximum absolute atomic E-state index is 12.9. The molecule has 1 saturated heterocycles. The van der Waals surface area contributed by atoms with E-state index in [1.165, 1.54) is 23.9 Å². The van der Waals surface area contributed by atoms with Gasteiger partial charge in [-0.3, -0.25) is 9.69 Å². The molecule has 0 bridgehead atoms. The molecule has 2 rings (SSSR count). The second-order valence-electron chi connectivity index (χ2n) is 4.74. The number of benzene rings is 1. The molecule has 1 aliphatic heterocycles. The normalized spacial score (nSPS) is 17.8. The number of carboxylic acids is 1. The van der Waals surface area contributed by atoms with Gasteiger partial charge in [0.25, 0.3) is 5.91 Å². The summed E-state index contributed by atoms with van der Waals surface area (Å²) in [5.41, 5.74) is 0.655. The topological polar surface area (TPSA) is 57.6 Å². The van der Waals surface area contributed by atoms with Crippen molar-refractivity contribution in [2.45, 2.75) is 12.5 Å². The first-order chi connectivity index (χ1) is 10.9. The third-order valence-electron chi connectivity index (χ3n) is 3.18. The van der Waals surface area contributed by atoms with Gasteiger partial charge in [-0.25, -0.2) is 9.18 Å². The fraction of sp³-hybridized carbons (Fsp3) is 0.267. The number of hydrogen-bond acceptors (Lipinski definition) is 5. The minimum Gasteiger partial charge on any atom is -0.480 e. The standard InChI is InChI=1S/C15H14FNO3S3/c1-22-7-6-11(14(19)20)17-13(18)12(23-15(17)21)8-9-2-4-10(16)5-3-9/h2-5,8,11H,6-7H2,1H3,(H,19,20)/b12-8-. The lowest BCUT2D eigenvalue weighted by Gasteiger charge is -2.22. The van der Waals surface area contributed by atoms with E-state index in [4.69, 9.17) is 12.2 Å². The Balaban J connectivity index is 2.24. The van der Waals surface area contributed by atoms with Gasteiger partial charge in [-0.2, -0.15) is 11.8 Å². The lowest BCUT2D eigenvalue weighted by Crippen LogP contribution is -2.44. The number of carboxylic acid groups (broad SMARTS) is 1. The molecule has 1 aromatic rings. The molecule has 1 unspecified atom stereocenters. The minimum atomic E-state index is -1.07. The molecule has 0 spiro atoms. The Hall–Kier alpha value is -1.38. The van der Waals surface area contributed by atoms with Gasteiger partial charge in [0, 0.05) is 0 Å². The third-order valence-corrected chi connectivity index (χ3v) is 5.16. The number of thiocarbonyl (C=S) groups is 1. The highest BCUT2D eigenvalue weighted by atomic mass is 32.2. The summed E-state index contributed by atoms with van der Waals surface area (Å²) in [5, 5.41) is 9.37. The molecule has 1 N–H and O–H groups in total. The van der Waals surface area contributed by atoms with E-state index < -0.39 is 17.9 Å². The Morgan fingerprint density at radius 3 is 2.70 bits per heavy atom. The Morgan fingerprint density at radius 1 is 1.48 bits per heavy atom. The van der Waals surface area contributed by atoms with Gasteiger partial charge in [-0.05, 0) is 42.2 Å². The average molecular weight is 371 g/mol. The molecule has 1 aromatic carbocycles. The number of aliphatic carboxylic acids is 1. The Morgan fingerprint density at radius 2 is 2.13 bits per heavy atom. The molecule has 0 aromatic heterocycles. The van der Waals surface area contributed by atoms with E-state index >= 15 is 0 Å². The monoisotopic (exact) mass is 371 g/mol. The Kier molecular flexibility index (Phi) is 6.20. The number of rotatable bonds is 6. The fourth-order valence-corrected chi connectivity index (χ4v) is 3.87. The summed E-state index contributed by atoms with van der Waals surface area (Å²) in [7, 11) is 0. The first-order valence-corrected chi connectivity index (χ1v) is 9.30. The zero-order chi connectivity index (χ0) is 17.0. The fourth-order valence-electron chi connectivity index (χ4n) is 2.05. The first-order valence-electron chi connectivity index (χ1n) is 6.68. The Bertz CT molecular complexity index is 660. The molecule has 0 radical (unpaired) electrons. The molecule has 8 heteroatoms. The molecule has 1 fully saturated rings. The van der Waals surface area contributed by atoms with Crippen LogP contribution in [0, 0.1) is 5.82 Å². The predicted molar refractivity (Wildman–Crippen MR) is 95.8 cm³/mol. The van der Waals surface area contributed by atoms with Crippen molar-refractivity contribution in [3.63, 3.8) is 0 Å². The summed E-state index contributed by atoms with van der Waals surface area (Å²) in [6.07, 6.45) is 3.79. The van der Waals surface area contributed by atoms with Crippen molar-refractivity contribution in [1.82, 2.24) is 4.90 Å². The molecule has 1 aliphatic rings. The number of carbonyl (C=O) groups excluding carboxylic acids is 1. The summed E-state index contributed by atoms with van der Waals surface area (Å²) in [4.78, 5) is 25.5. The molecule has 1 heterocycles. The number of amides is 1. The van der Waals surface area contributed by atoms with Gasteiger partial charge in [0.1, 0.15) is 16.2 Å². The molecule has 122 valence electrons. The largest absolute Gasteiger partial charge is 0.480 e. The molecule has 1 amide bonds. The lowest BCUT2D eigenvalue weighted by atomic mass is 10.1. The quantitative estimate of drug-likeness (QED) is 0.612. The van der Waals surface area contributed by atoms with Crippen LogP contribution in [-0.4, -0.2) is 44.3 Å². The van der Waals surface area contributed by atoms with Gasteiger partial charge in [0.15, 0.2) is 0 Å². The van der Waals surface area contributed by atoms with Crippen molar-refractivity contribution in [1.29, 1.82) is 0 Å². The van der Waals surface area contributed by atoms with Crippen LogP contribution in [0.15, 0.2) is 29.2 Å². The predicted octanol–water partition coefficient (Wildman–Crippen LogP) is 3.23. The summed E-state index contributed by atoms with van der Waals surface area (Å²) < 4.78 is 13.2. The van der Waals surface area contributed by atoms with E-state index in [2.05, 4.69) is 0 Å². The molecular weight excluding hydrogens is 357 g/mol. The number of halogens is 1. The van der Waals surface area contributed by atoms with Crippen LogP contribution in [0.3, 0.4) is 0 Å². The van der Waals surface area contributed by atoms with Gasteiger partial charge in [-0.15, -0.1) is 0 Å². The summed E-state index contributed by atoms with van der Waals surface area (Å²) in [6.45, 7) is 0. The summed E-state index contributed by atoms with van der Waals surface area (Å²) in [5.74, 6) is -1.24. The van der Waals surface area contributed by atoms with Crippen LogP contribution in [0.25, 0.3) is 6.08 Å². The van der Waals surface area contributed by atoms with E-state index in [0.717, 1.165) is 16.7 Å². The van der Waals surface area contributed by atoms with Gasteiger partial charge >= 0.3 is 5.97 Å². The van der Waals surface area contributed by atoms with Crippen molar-refractivity contribution in [2.75, 3.05) is 12.0 Å². The highest BCUT2D eigenvalue weighted by Crippen LogP contribution is 2.34. The number of thioether (sulfide) groups is 2. The summed E-state index contributed by atoms with van der Waals surface area (Å²) in [6, 6.07) is 4.72. The molecule has 23 heavy (non-hydrogen) atoms. The lowest BCUT2D eigenvalue weighted by molar-refractivity contribution is -0.145. The molecular formula is C15H14FNO3S3. The number of nitrogens with zero attached hydrogens (tertiary/aromatic N) is 1. The maximum atomic E-state index is 12.9. The smallest absolute Gasteiger partial charge is 0.326 e. The SMILES string of the molecule is CSCCC(C(=O)O)N1C(=O)/C(=C/c2ccc(F)cc2)SC1=S. The number of carbonyl (C=O) groups is 2. The molecule has 1 atom stereocenters. The van der Waals surface area contributed by atoms with Crippen molar-refractivity contribution in [2.24, 2.45) is 0 Å². The van der Waals surface area contributed by atoms with Crippen LogP contribution >= 0.6 is 35.7 Å². The molecule has 0 saturated carbocycles. The van der Waals surface area contributed by atoms with Crippen LogP contribution in [0.2, 0.25) is 0 Å². The van der Waals surface area contributed by atoms with Crippen LogP contribution in [-0.2, 0) is 9.59 Å². The van der Waals surface area contributed by atoms with Crippen LogP contribution in [0.5, 0.6) is 0 Å². The second-order valence-corrected chi connectivity index (χ2v) is 7.40. The maximum Gasteiger partial charge on any atom is 0.326 e. The number of hydrogen-bond donors (Lipinski definition) is 1. The third kappa shape index (κ3) is 4.33. The van der Waals surface area contributed by atoms with Crippen LogP contribution < -0.4 is 0 Å². The highest BCUT2D eigenvalue weighted by molar-refractivity contribution is 8.26. The van der Waals surface area contributed by atoms with E-state index in [0.29, 0.717) is 22.6 Å². The van der Waals surface area contributed by atoms with E-state index in [-0.39, 0.29) is 10.1 Å². The van der Waals surface area contributed by atoms with Crippen molar-refractivity contribution in [3.8, 4) is 0 Å². The molecule has 4 nitrogen and oxygen atoms in total. The van der Waals surface area contributed by atoms with Gasteiger partial charge < -0.3 is 5.11 Å². The average Bonchev–Trinajstić information content (AvgIpc) is 2.77.